The van der Waals surface area contributed by atoms with E-state index in [1.165, 1.54) is 11.3 Å². The molecule has 2 heterocycles. The number of hydrogen-bond acceptors (Lipinski definition) is 5. The lowest BCUT2D eigenvalue weighted by atomic mass is 10.3. The van der Waals surface area contributed by atoms with Crippen molar-refractivity contribution in [1.29, 1.82) is 0 Å². The molecule has 8 heteroatoms. The Morgan fingerprint density at radius 3 is 2.72 bits per heavy atom. The molecule has 1 atom stereocenters. The minimum Gasteiger partial charge on any atom is -0.299 e. The average molecular weight is 330 g/mol. The number of aromatic nitrogens is 4. The smallest absolute Gasteiger partial charge is 0.250 e. The van der Waals surface area contributed by atoms with Crippen LogP contribution < -0.4 is 5.32 Å². The second-order valence-corrected chi connectivity index (χ2v) is 5.85. The number of aryl methyl sites for hydroxylation is 1. The fourth-order valence-corrected chi connectivity index (χ4v) is 2.33. The van der Waals surface area contributed by atoms with Crippen molar-refractivity contribution in [2.24, 2.45) is 0 Å². The molecule has 1 N–H and O–H groups in total. The van der Waals surface area contributed by atoms with E-state index in [0.29, 0.717) is 5.13 Å². The van der Waals surface area contributed by atoms with Gasteiger partial charge >= 0.3 is 0 Å². The first-order chi connectivity index (χ1) is 8.49. The van der Waals surface area contributed by atoms with Gasteiger partial charge in [0, 0.05) is 0 Å². The summed E-state index contributed by atoms with van der Waals surface area (Å²) in [4.78, 5) is 12.0. The number of carbonyl (C=O) groups is 1. The van der Waals surface area contributed by atoms with Gasteiger partial charge in [0.15, 0.2) is 0 Å². The Labute approximate surface area is 117 Å². The van der Waals surface area contributed by atoms with Crippen molar-refractivity contribution in [1.82, 2.24) is 20.0 Å². The van der Waals surface area contributed by atoms with Crippen molar-refractivity contribution >= 4 is 38.3 Å². The maximum absolute atomic E-state index is 12.0. The second-order valence-electron chi connectivity index (χ2n) is 3.81. The molecule has 0 saturated carbocycles. The zero-order valence-corrected chi connectivity index (χ0v) is 12.5. The van der Waals surface area contributed by atoms with Crippen molar-refractivity contribution < 1.29 is 4.79 Å². The highest BCUT2D eigenvalue weighted by atomic mass is 79.9. The van der Waals surface area contributed by atoms with Crippen molar-refractivity contribution in [2.75, 3.05) is 5.32 Å². The van der Waals surface area contributed by atoms with E-state index in [9.17, 15) is 4.79 Å². The summed E-state index contributed by atoms with van der Waals surface area (Å²) in [6.45, 7) is 5.52. The van der Waals surface area contributed by atoms with Crippen LogP contribution in [0.1, 0.15) is 23.7 Å². The fraction of sp³-hybridized carbons (Fsp3) is 0.400. The molecule has 0 spiro atoms. The van der Waals surface area contributed by atoms with E-state index in [0.717, 1.165) is 15.2 Å². The molecule has 0 saturated heterocycles. The van der Waals surface area contributed by atoms with Gasteiger partial charge in [0.25, 0.3) is 5.91 Å². The van der Waals surface area contributed by atoms with Gasteiger partial charge in [-0.15, -0.1) is 10.2 Å². The van der Waals surface area contributed by atoms with Crippen LogP contribution in [0.15, 0.2) is 10.7 Å². The molecule has 0 aliphatic rings. The van der Waals surface area contributed by atoms with E-state index in [1.54, 1.807) is 17.8 Å². The first-order valence-electron chi connectivity index (χ1n) is 5.29. The summed E-state index contributed by atoms with van der Waals surface area (Å²) in [6.07, 6.45) is 1.67. The fourth-order valence-electron chi connectivity index (χ4n) is 1.46. The van der Waals surface area contributed by atoms with E-state index < -0.39 is 6.04 Å². The average Bonchev–Trinajstić information content (AvgIpc) is 2.87. The summed E-state index contributed by atoms with van der Waals surface area (Å²) in [5.41, 5.74) is 0.908. The van der Waals surface area contributed by atoms with Crippen LogP contribution in [0.25, 0.3) is 0 Å². The van der Waals surface area contributed by atoms with E-state index in [2.05, 4.69) is 36.5 Å². The second kappa shape index (κ2) is 5.15. The Hall–Kier alpha value is -1.28. The first kappa shape index (κ1) is 13.2. The highest BCUT2D eigenvalue weighted by Gasteiger charge is 2.19. The molecule has 18 heavy (non-hydrogen) atoms. The molecule has 0 unspecified atom stereocenters. The van der Waals surface area contributed by atoms with Gasteiger partial charge in [0.05, 0.1) is 16.4 Å². The van der Waals surface area contributed by atoms with Gasteiger partial charge in [-0.1, -0.05) is 11.3 Å². The van der Waals surface area contributed by atoms with Gasteiger partial charge in [0.2, 0.25) is 5.13 Å². The monoisotopic (exact) mass is 329 g/mol. The lowest BCUT2D eigenvalue weighted by Crippen LogP contribution is -2.25. The highest BCUT2D eigenvalue weighted by Crippen LogP contribution is 2.20. The first-order valence-corrected chi connectivity index (χ1v) is 6.90. The van der Waals surface area contributed by atoms with Gasteiger partial charge in [-0.3, -0.25) is 14.8 Å². The molecule has 2 aromatic rings. The minimum atomic E-state index is -0.402. The summed E-state index contributed by atoms with van der Waals surface area (Å²) in [5, 5.41) is 15.9. The lowest BCUT2D eigenvalue weighted by molar-refractivity contribution is -0.119. The van der Waals surface area contributed by atoms with Gasteiger partial charge in [0.1, 0.15) is 11.0 Å². The number of nitrogens with zero attached hydrogens (tertiary/aromatic N) is 4. The van der Waals surface area contributed by atoms with E-state index in [-0.39, 0.29) is 5.91 Å². The van der Waals surface area contributed by atoms with Crippen LogP contribution in [0.4, 0.5) is 5.13 Å². The molecule has 0 fully saturated rings. The minimum absolute atomic E-state index is 0.162. The van der Waals surface area contributed by atoms with Crippen LogP contribution >= 0.6 is 27.3 Å². The highest BCUT2D eigenvalue weighted by molar-refractivity contribution is 9.10. The van der Waals surface area contributed by atoms with Crippen molar-refractivity contribution in [3.05, 3.63) is 21.4 Å². The normalized spacial score (nSPS) is 12.4. The number of halogens is 1. The predicted octanol–water partition coefficient (Wildman–Crippen LogP) is 2.31. The molecule has 0 bridgehead atoms. The van der Waals surface area contributed by atoms with Crippen LogP contribution in [0.3, 0.4) is 0 Å². The van der Waals surface area contributed by atoms with Gasteiger partial charge in [-0.05, 0) is 36.7 Å². The summed E-state index contributed by atoms with van der Waals surface area (Å²) >= 11 is 4.71. The van der Waals surface area contributed by atoms with Crippen molar-refractivity contribution in [2.45, 2.75) is 26.8 Å². The Morgan fingerprint density at radius 1 is 1.50 bits per heavy atom. The maximum Gasteiger partial charge on any atom is 0.250 e. The number of carbonyl (C=O) groups excluding carboxylic acids is 1. The molecule has 2 aromatic heterocycles. The van der Waals surface area contributed by atoms with Gasteiger partial charge < -0.3 is 0 Å². The lowest BCUT2D eigenvalue weighted by Gasteiger charge is -2.12. The third-order valence-electron chi connectivity index (χ3n) is 2.49. The molecule has 0 radical (unpaired) electrons. The summed E-state index contributed by atoms with van der Waals surface area (Å²) in [5.74, 6) is -0.162. The summed E-state index contributed by atoms with van der Waals surface area (Å²) in [6, 6.07) is -0.402. The van der Waals surface area contributed by atoms with Crippen molar-refractivity contribution in [3.8, 4) is 0 Å². The molecule has 0 aliphatic carbocycles. The van der Waals surface area contributed by atoms with E-state index in [4.69, 9.17) is 0 Å². The molecule has 0 aliphatic heterocycles. The predicted molar refractivity (Wildman–Crippen MR) is 72.7 cm³/mol. The Morgan fingerprint density at radius 2 is 2.22 bits per heavy atom. The third-order valence-corrected chi connectivity index (χ3v) is 4.02. The molecular weight excluding hydrogens is 318 g/mol. The maximum atomic E-state index is 12.0. The third kappa shape index (κ3) is 2.59. The van der Waals surface area contributed by atoms with Gasteiger partial charge in [-0.2, -0.15) is 5.10 Å². The number of hydrogen-bond donors (Lipinski definition) is 1. The Balaban J connectivity index is 2.12. The van der Waals surface area contributed by atoms with Crippen LogP contribution in [0.2, 0.25) is 0 Å². The SMILES string of the molecule is Cc1nnc(NC(=O)[C@@H](C)n2ncc(Br)c2C)s1. The number of rotatable bonds is 3. The summed E-state index contributed by atoms with van der Waals surface area (Å²) in [7, 11) is 0. The van der Waals surface area contributed by atoms with Gasteiger partial charge in [-0.25, -0.2) is 0 Å². The molecule has 1 amide bonds. The number of nitrogens with one attached hydrogen (secondary N) is 1. The Bertz CT molecular complexity index is 579. The van der Waals surface area contributed by atoms with E-state index in [1.807, 2.05) is 13.8 Å². The molecule has 96 valence electrons. The van der Waals surface area contributed by atoms with Crippen LogP contribution in [0, 0.1) is 13.8 Å². The standard InChI is InChI=1S/C10H12BrN5OS/c1-5-8(11)4-12-16(5)6(2)9(17)13-10-15-14-7(3)18-10/h4,6H,1-3H3,(H,13,15,17)/t6-/m1/s1. The van der Waals surface area contributed by atoms with E-state index >= 15 is 0 Å². The zero-order valence-electron chi connectivity index (χ0n) is 10.1. The number of anilines is 1. The summed E-state index contributed by atoms with van der Waals surface area (Å²) < 4.78 is 2.54. The molecule has 0 aromatic carbocycles. The zero-order chi connectivity index (χ0) is 13.3. The van der Waals surface area contributed by atoms with Crippen LogP contribution in [-0.4, -0.2) is 25.9 Å². The van der Waals surface area contributed by atoms with Crippen LogP contribution in [-0.2, 0) is 4.79 Å². The molecule has 6 nitrogen and oxygen atoms in total. The van der Waals surface area contributed by atoms with Crippen molar-refractivity contribution in [3.63, 3.8) is 0 Å². The van der Waals surface area contributed by atoms with Crippen LogP contribution in [0.5, 0.6) is 0 Å². The molecule has 2 rings (SSSR count). The Kier molecular flexibility index (Phi) is 3.76. The number of amides is 1. The molecular formula is C10H12BrN5OS. The quantitative estimate of drug-likeness (QED) is 0.937. The largest absolute Gasteiger partial charge is 0.299 e. The topological polar surface area (TPSA) is 72.7 Å².